The van der Waals surface area contributed by atoms with Crippen LogP contribution in [0.3, 0.4) is 0 Å². The van der Waals surface area contributed by atoms with E-state index in [-0.39, 0.29) is 0 Å². The quantitative estimate of drug-likeness (QED) is 0.638. The zero-order valence-corrected chi connectivity index (χ0v) is 7.07. The second kappa shape index (κ2) is 2.24. The van der Waals surface area contributed by atoms with Crippen LogP contribution in [-0.4, -0.2) is 14.7 Å². The van der Waals surface area contributed by atoms with Crippen molar-refractivity contribution in [1.82, 2.24) is 9.55 Å². The Hall–Kier alpha value is -1.51. The fraction of sp³-hybridized carbons (Fsp3) is 0.222. The van der Waals surface area contributed by atoms with Crippen molar-refractivity contribution in [3.8, 4) is 5.75 Å². The largest absolute Gasteiger partial charge is 0.506 e. The molecule has 2 aromatic heterocycles. The van der Waals surface area contributed by atoms with Crippen LogP contribution < -0.4 is 0 Å². The van der Waals surface area contributed by atoms with Gasteiger partial charge in [-0.15, -0.1) is 0 Å². The maximum Gasteiger partial charge on any atom is 0.141 e. The number of rotatable bonds is 0. The predicted octanol–water partition coefficient (Wildman–Crippen LogP) is 1.59. The molecule has 0 unspecified atom stereocenters. The number of aryl methyl sites for hydroxylation is 2. The molecular formula is C9H10N2O. The first-order valence-corrected chi connectivity index (χ1v) is 3.80. The molecule has 3 heteroatoms. The summed E-state index contributed by atoms with van der Waals surface area (Å²) in [6, 6.07) is 1.82. The minimum atomic E-state index is 0.318. The Morgan fingerprint density at radius 2 is 2.25 bits per heavy atom. The van der Waals surface area contributed by atoms with Crippen molar-refractivity contribution in [3.05, 3.63) is 24.2 Å². The first-order chi connectivity index (χ1) is 5.70. The number of pyridine rings is 1. The molecule has 0 spiro atoms. The van der Waals surface area contributed by atoms with Crippen LogP contribution in [0.15, 0.2) is 18.5 Å². The molecule has 0 aromatic carbocycles. The third-order valence-corrected chi connectivity index (χ3v) is 2.05. The molecule has 0 saturated carbocycles. The molecule has 0 aliphatic carbocycles. The van der Waals surface area contributed by atoms with Gasteiger partial charge in [0.15, 0.2) is 0 Å². The zero-order chi connectivity index (χ0) is 8.72. The van der Waals surface area contributed by atoms with E-state index in [0.29, 0.717) is 5.75 Å². The number of fused-ring (bicyclic) bond motifs is 1. The van der Waals surface area contributed by atoms with Crippen molar-refractivity contribution in [1.29, 1.82) is 0 Å². The van der Waals surface area contributed by atoms with E-state index in [1.165, 1.54) is 0 Å². The van der Waals surface area contributed by atoms with E-state index < -0.39 is 0 Å². The van der Waals surface area contributed by atoms with Crippen LogP contribution in [0.5, 0.6) is 5.75 Å². The summed E-state index contributed by atoms with van der Waals surface area (Å²) in [6.45, 7) is 1.93. The van der Waals surface area contributed by atoms with Crippen molar-refractivity contribution >= 4 is 10.9 Å². The Morgan fingerprint density at radius 3 is 2.92 bits per heavy atom. The minimum absolute atomic E-state index is 0.318. The van der Waals surface area contributed by atoms with Crippen molar-refractivity contribution < 1.29 is 5.11 Å². The lowest BCUT2D eigenvalue weighted by atomic mass is 10.2. The van der Waals surface area contributed by atoms with Gasteiger partial charge < -0.3 is 9.67 Å². The monoisotopic (exact) mass is 162 g/mol. The number of nitrogens with zero attached hydrogens (tertiary/aromatic N) is 2. The predicted molar refractivity (Wildman–Crippen MR) is 47.1 cm³/mol. The molecule has 0 aliphatic heterocycles. The first-order valence-electron chi connectivity index (χ1n) is 3.80. The molecule has 3 nitrogen and oxygen atoms in total. The Kier molecular flexibility index (Phi) is 1.33. The smallest absolute Gasteiger partial charge is 0.141 e. The van der Waals surface area contributed by atoms with Gasteiger partial charge in [-0.3, -0.25) is 4.98 Å². The standard InChI is InChI=1S/C9H10N2O/c1-6-9-7(3-4-10-6)8(12)5-11(9)2/h3-5,12H,1-2H3. The normalized spacial score (nSPS) is 10.8. The average Bonchev–Trinajstić information content (AvgIpc) is 2.29. The molecule has 1 N–H and O–H groups in total. The molecule has 12 heavy (non-hydrogen) atoms. The lowest BCUT2D eigenvalue weighted by Gasteiger charge is -1.97. The Balaban J connectivity index is 2.99. The number of hydrogen-bond donors (Lipinski definition) is 1. The van der Waals surface area contributed by atoms with Crippen LogP contribution in [0.25, 0.3) is 10.9 Å². The van der Waals surface area contributed by atoms with Crippen LogP contribution in [0, 0.1) is 6.92 Å². The fourth-order valence-electron chi connectivity index (χ4n) is 1.53. The fourth-order valence-corrected chi connectivity index (χ4v) is 1.53. The Labute approximate surface area is 70.3 Å². The molecule has 0 amide bonds. The van der Waals surface area contributed by atoms with E-state index in [2.05, 4.69) is 4.98 Å². The van der Waals surface area contributed by atoms with E-state index in [0.717, 1.165) is 16.6 Å². The summed E-state index contributed by atoms with van der Waals surface area (Å²) < 4.78 is 1.88. The van der Waals surface area contributed by atoms with Crippen LogP contribution in [-0.2, 0) is 7.05 Å². The highest BCUT2D eigenvalue weighted by molar-refractivity contribution is 5.87. The van der Waals surface area contributed by atoms with Crippen molar-refractivity contribution in [2.24, 2.45) is 7.05 Å². The van der Waals surface area contributed by atoms with Crippen molar-refractivity contribution in [2.75, 3.05) is 0 Å². The van der Waals surface area contributed by atoms with Crippen LogP contribution in [0.1, 0.15) is 5.69 Å². The minimum Gasteiger partial charge on any atom is -0.506 e. The van der Waals surface area contributed by atoms with Gasteiger partial charge in [-0.2, -0.15) is 0 Å². The van der Waals surface area contributed by atoms with Crippen LogP contribution >= 0.6 is 0 Å². The molecule has 0 atom stereocenters. The van der Waals surface area contributed by atoms with Crippen LogP contribution in [0.2, 0.25) is 0 Å². The molecule has 2 heterocycles. The van der Waals surface area contributed by atoms with E-state index in [4.69, 9.17) is 0 Å². The number of aromatic nitrogens is 2. The van der Waals surface area contributed by atoms with E-state index in [1.54, 1.807) is 12.4 Å². The number of aromatic hydroxyl groups is 1. The van der Waals surface area contributed by atoms with Crippen LogP contribution in [0.4, 0.5) is 0 Å². The van der Waals surface area contributed by atoms with E-state index in [1.807, 2.05) is 24.6 Å². The lowest BCUT2D eigenvalue weighted by Crippen LogP contribution is -1.88. The molecule has 0 saturated heterocycles. The summed E-state index contributed by atoms with van der Waals surface area (Å²) >= 11 is 0. The van der Waals surface area contributed by atoms with Gasteiger partial charge in [0.25, 0.3) is 0 Å². The lowest BCUT2D eigenvalue weighted by molar-refractivity contribution is 0.479. The van der Waals surface area contributed by atoms with Gasteiger partial charge in [0.2, 0.25) is 0 Å². The molecule has 0 aliphatic rings. The molecule has 2 aromatic rings. The zero-order valence-electron chi connectivity index (χ0n) is 7.07. The Bertz CT molecular complexity index is 431. The van der Waals surface area contributed by atoms with Gasteiger partial charge in [-0.25, -0.2) is 0 Å². The highest BCUT2D eigenvalue weighted by Crippen LogP contribution is 2.26. The third-order valence-electron chi connectivity index (χ3n) is 2.05. The van der Waals surface area contributed by atoms with Gasteiger partial charge in [-0.1, -0.05) is 0 Å². The highest BCUT2D eigenvalue weighted by atomic mass is 16.3. The molecule has 2 rings (SSSR count). The summed E-state index contributed by atoms with van der Waals surface area (Å²) in [4.78, 5) is 4.15. The van der Waals surface area contributed by atoms with Gasteiger partial charge >= 0.3 is 0 Å². The van der Waals surface area contributed by atoms with Gasteiger partial charge in [-0.05, 0) is 13.0 Å². The molecule has 0 fully saturated rings. The first kappa shape index (κ1) is 7.16. The second-order valence-electron chi connectivity index (χ2n) is 2.92. The highest BCUT2D eigenvalue weighted by Gasteiger charge is 2.06. The summed E-state index contributed by atoms with van der Waals surface area (Å²) in [5, 5.41) is 10.3. The summed E-state index contributed by atoms with van der Waals surface area (Å²) in [5.41, 5.74) is 1.94. The SMILES string of the molecule is Cc1nccc2c(O)cn(C)c12. The average molecular weight is 162 g/mol. The van der Waals surface area contributed by atoms with Gasteiger partial charge in [0, 0.05) is 24.8 Å². The maximum atomic E-state index is 9.47. The van der Waals surface area contributed by atoms with Gasteiger partial charge in [0.05, 0.1) is 11.2 Å². The summed E-state index contributed by atoms with van der Waals surface area (Å²) in [5.74, 6) is 0.318. The summed E-state index contributed by atoms with van der Waals surface area (Å²) in [7, 11) is 1.90. The summed E-state index contributed by atoms with van der Waals surface area (Å²) in [6.07, 6.45) is 3.40. The third kappa shape index (κ3) is 0.794. The maximum absolute atomic E-state index is 9.47. The molecular weight excluding hydrogens is 152 g/mol. The second-order valence-corrected chi connectivity index (χ2v) is 2.92. The van der Waals surface area contributed by atoms with E-state index >= 15 is 0 Å². The molecule has 0 bridgehead atoms. The topological polar surface area (TPSA) is 38.1 Å². The molecule has 0 radical (unpaired) electrons. The Morgan fingerprint density at radius 1 is 1.50 bits per heavy atom. The van der Waals surface area contributed by atoms with E-state index in [9.17, 15) is 5.11 Å². The molecule has 62 valence electrons. The number of hydrogen-bond acceptors (Lipinski definition) is 2. The van der Waals surface area contributed by atoms with Crippen molar-refractivity contribution in [2.45, 2.75) is 6.92 Å². The van der Waals surface area contributed by atoms with Crippen molar-refractivity contribution in [3.63, 3.8) is 0 Å². The van der Waals surface area contributed by atoms with Gasteiger partial charge in [0.1, 0.15) is 5.75 Å².